The molecule has 0 aliphatic rings. The van der Waals surface area contributed by atoms with Crippen molar-refractivity contribution in [2.24, 2.45) is 0 Å². The fourth-order valence-electron chi connectivity index (χ4n) is 1.53. The minimum absolute atomic E-state index is 0.930. The first-order valence-electron chi connectivity index (χ1n) is 6.13. The van der Waals surface area contributed by atoms with Crippen LogP contribution < -0.4 is 10.2 Å². The molecule has 0 radical (unpaired) electrons. The van der Waals surface area contributed by atoms with Gasteiger partial charge >= 0.3 is 0 Å². The summed E-state index contributed by atoms with van der Waals surface area (Å²) in [6.45, 7) is 5.22. The molecule has 0 unspecified atom stereocenters. The van der Waals surface area contributed by atoms with Crippen LogP contribution in [0.25, 0.3) is 0 Å². The first kappa shape index (κ1) is 14.3. The van der Waals surface area contributed by atoms with E-state index in [1.807, 2.05) is 18.0 Å². The highest BCUT2D eigenvalue weighted by Crippen LogP contribution is 2.11. The zero-order valence-corrected chi connectivity index (χ0v) is 11.9. The van der Waals surface area contributed by atoms with Crippen LogP contribution in [0.1, 0.15) is 18.9 Å². The largest absolute Gasteiger partial charge is 0.359 e. The van der Waals surface area contributed by atoms with E-state index in [1.54, 1.807) is 0 Å². The van der Waals surface area contributed by atoms with E-state index in [9.17, 15) is 0 Å². The molecule has 1 heterocycles. The van der Waals surface area contributed by atoms with Crippen molar-refractivity contribution in [3.05, 3.63) is 23.9 Å². The predicted molar refractivity (Wildman–Crippen MR) is 77.9 cm³/mol. The highest BCUT2D eigenvalue weighted by Gasteiger charge is 2.02. The van der Waals surface area contributed by atoms with E-state index in [4.69, 9.17) is 0 Å². The summed E-state index contributed by atoms with van der Waals surface area (Å²) in [5.41, 5.74) is 1.31. The normalized spacial score (nSPS) is 10.5. The second-order valence-corrected chi connectivity index (χ2v) is 5.10. The fourth-order valence-corrected chi connectivity index (χ4v) is 1.99. The molecule has 0 spiro atoms. The van der Waals surface area contributed by atoms with Gasteiger partial charge in [0.25, 0.3) is 0 Å². The summed E-state index contributed by atoms with van der Waals surface area (Å²) in [6, 6.07) is 4.25. The number of pyridine rings is 1. The lowest BCUT2D eigenvalue weighted by molar-refractivity contribution is 0.674. The molecule has 0 aliphatic heterocycles. The van der Waals surface area contributed by atoms with Gasteiger partial charge in [-0.15, -0.1) is 0 Å². The third-order valence-electron chi connectivity index (χ3n) is 2.59. The van der Waals surface area contributed by atoms with Crippen LogP contribution in [-0.4, -0.2) is 37.1 Å². The Morgan fingerprint density at radius 3 is 3.00 bits per heavy atom. The Bertz CT molecular complexity index is 317. The number of hydrogen-bond donors (Lipinski definition) is 1. The molecule has 3 nitrogen and oxygen atoms in total. The quantitative estimate of drug-likeness (QED) is 0.720. The average Bonchev–Trinajstić information content (AvgIpc) is 2.36. The van der Waals surface area contributed by atoms with E-state index in [2.05, 4.69) is 47.6 Å². The highest BCUT2D eigenvalue weighted by atomic mass is 32.2. The van der Waals surface area contributed by atoms with Gasteiger partial charge in [0.05, 0.1) is 0 Å². The maximum Gasteiger partial charge on any atom is 0.128 e. The van der Waals surface area contributed by atoms with Crippen molar-refractivity contribution in [1.29, 1.82) is 0 Å². The van der Waals surface area contributed by atoms with Crippen molar-refractivity contribution in [1.82, 2.24) is 10.3 Å². The summed E-state index contributed by atoms with van der Waals surface area (Å²) < 4.78 is 0. The van der Waals surface area contributed by atoms with Crippen LogP contribution >= 0.6 is 11.8 Å². The standard InChI is InChI=1S/C13H23N3S/c1-4-6-14-11-12-5-7-15-13(10-12)16(2)8-9-17-3/h5,7,10,14H,4,6,8-9,11H2,1-3H3. The smallest absolute Gasteiger partial charge is 0.128 e. The van der Waals surface area contributed by atoms with Gasteiger partial charge in [-0.2, -0.15) is 11.8 Å². The van der Waals surface area contributed by atoms with E-state index in [-0.39, 0.29) is 0 Å². The van der Waals surface area contributed by atoms with Gasteiger partial charge in [0.2, 0.25) is 0 Å². The summed E-state index contributed by atoms with van der Waals surface area (Å²) in [6.07, 6.45) is 5.20. The van der Waals surface area contributed by atoms with Crippen molar-refractivity contribution >= 4 is 17.6 Å². The zero-order chi connectivity index (χ0) is 12.5. The summed E-state index contributed by atoms with van der Waals surface area (Å²) in [4.78, 5) is 6.62. The molecule has 0 bridgehead atoms. The van der Waals surface area contributed by atoms with E-state index in [1.165, 1.54) is 12.0 Å². The summed E-state index contributed by atoms with van der Waals surface area (Å²) >= 11 is 1.86. The Morgan fingerprint density at radius 1 is 1.47 bits per heavy atom. The molecule has 1 aromatic rings. The number of nitrogens with one attached hydrogen (secondary N) is 1. The molecule has 0 aliphatic carbocycles. The Morgan fingerprint density at radius 2 is 2.29 bits per heavy atom. The number of anilines is 1. The maximum absolute atomic E-state index is 4.41. The van der Waals surface area contributed by atoms with Crippen molar-refractivity contribution < 1.29 is 0 Å². The highest BCUT2D eigenvalue weighted by molar-refractivity contribution is 7.98. The van der Waals surface area contributed by atoms with Crippen LogP contribution in [0.3, 0.4) is 0 Å². The molecule has 0 atom stereocenters. The van der Waals surface area contributed by atoms with Gasteiger partial charge in [-0.05, 0) is 36.9 Å². The van der Waals surface area contributed by atoms with Gasteiger partial charge < -0.3 is 10.2 Å². The topological polar surface area (TPSA) is 28.2 Å². The molecule has 17 heavy (non-hydrogen) atoms. The Labute approximate surface area is 109 Å². The monoisotopic (exact) mass is 253 g/mol. The first-order valence-corrected chi connectivity index (χ1v) is 7.53. The Kier molecular flexibility index (Phi) is 7.05. The van der Waals surface area contributed by atoms with Crippen molar-refractivity contribution in [3.8, 4) is 0 Å². The molecule has 0 amide bonds. The molecule has 1 aromatic heterocycles. The number of rotatable bonds is 8. The fraction of sp³-hybridized carbons (Fsp3) is 0.615. The molecule has 0 saturated carbocycles. The zero-order valence-electron chi connectivity index (χ0n) is 11.1. The number of nitrogens with zero attached hydrogens (tertiary/aromatic N) is 2. The van der Waals surface area contributed by atoms with E-state index in [0.29, 0.717) is 0 Å². The molecular weight excluding hydrogens is 230 g/mol. The number of thioether (sulfide) groups is 1. The van der Waals surface area contributed by atoms with Crippen LogP contribution in [0.4, 0.5) is 5.82 Å². The van der Waals surface area contributed by atoms with Crippen LogP contribution in [-0.2, 0) is 6.54 Å². The molecule has 0 aromatic carbocycles. The van der Waals surface area contributed by atoms with Gasteiger partial charge in [0, 0.05) is 32.1 Å². The van der Waals surface area contributed by atoms with Gasteiger partial charge in [0.15, 0.2) is 0 Å². The van der Waals surface area contributed by atoms with Crippen LogP contribution in [0.5, 0.6) is 0 Å². The van der Waals surface area contributed by atoms with Crippen LogP contribution in [0.15, 0.2) is 18.3 Å². The van der Waals surface area contributed by atoms with Gasteiger partial charge in [-0.25, -0.2) is 4.98 Å². The Balaban J connectivity index is 2.52. The molecule has 1 N–H and O–H groups in total. The van der Waals surface area contributed by atoms with Crippen LogP contribution in [0.2, 0.25) is 0 Å². The maximum atomic E-state index is 4.41. The number of hydrogen-bond acceptors (Lipinski definition) is 4. The summed E-state index contributed by atoms with van der Waals surface area (Å²) in [5, 5.41) is 3.41. The van der Waals surface area contributed by atoms with E-state index in [0.717, 1.165) is 31.2 Å². The second kappa shape index (κ2) is 8.37. The number of aromatic nitrogens is 1. The van der Waals surface area contributed by atoms with E-state index < -0.39 is 0 Å². The lowest BCUT2D eigenvalue weighted by atomic mass is 10.2. The molecule has 96 valence electrons. The Hall–Kier alpha value is -0.740. The average molecular weight is 253 g/mol. The first-order chi connectivity index (χ1) is 8.27. The predicted octanol–water partition coefficient (Wildman–Crippen LogP) is 2.38. The molecule has 0 fully saturated rings. The molecule has 1 rings (SSSR count). The van der Waals surface area contributed by atoms with Crippen molar-refractivity contribution in [2.75, 3.05) is 37.0 Å². The molecule has 0 saturated heterocycles. The minimum Gasteiger partial charge on any atom is -0.359 e. The van der Waals surface area contributed by atoms with E-state index >= 15 is 0 Å². The third-order valence-corrected chi connectivity index (χ3v) is 3.18. The van der Waals surface area contributed by atoms with Crippen molar-refractivity contribution in [2.45, 2.75) is 19.9 Å². The lowest BCUT2D eigenvalue weighted by Gasteiger charge is -2.18. The minimum atomic E-state index is 0.930. The summed E-state index contributed by atoms with van der Waals surface area (Å²) in [5.74, 6) is 2.20. The van der Waals surface area contributed by atoms with Gasteiger partial charge in [-0.1, -0.05) is 6.92 Å². The third kappa shape index (κ3) is 5.41. The van der Waals surface area contributed by atoms with Gasteiger partial charge in [-0.3, -0.25) is 0 Å². The molecular formula is C13H23N3S. The second-order valence-electron chi connectivity index (χ2n) is 4.11. The summed E-state index contributed by atoms with van der Waals surface area (Å²) in [7, 11) is 2.10. The lowest BCUT2D eigenvalue weighted by Crippen LogP contribution is -2.22. The SMILES string of the molecule is CCCNCc1ccnc(N(C)CCSC)c1. The molecule has 4 heteroatoms. The van der Waals surface area contributed by atoms with Crippen molar-refractivity contribution in [3.63, 3.8) is 0 Å². The van der Waals surface area contributed by atoms with Crippen LogP contribution in [0, 0.1) is 0 Å². The van der Waals surface area contributed by atoms with Gasteiger partial charge in [0.1, 0.15) is 5.82 Å².